The third-order valence-corrected chi connectivity index (χ3v) is 5.57. The molecule has 3 heteroatoms. The molecule has 0 amide bonds. The number of fused-ring (bicyclic) bond motifs is 2. The molecule has 0 saturated heterocycles. The Morgan fingerprint density at radius 2 is 1.96 bits per heavy atom. The molecule has 2 bridgehead atoms. The zero-order valence-electron chi connectivity index (χ0n) is 14.0. The number of aromatic nitrogens is 2. The van der Waals surface area contributed by atoms with Gasteiger partial charge in [0.15, 0.2) is 0 Å². The van der Waals surface area contributed by atoms with Crippen LogP contribution in [0.5, 0.6) is 0 Å². The topological polar surface area (TPSA) is 29.9 Å². The number of hydrogen-bond donors (Lipinski definition) is 1. The van der Waals surface area contributed by atoms with E-state index in [-0.39, 0.29) is 0 Å². The van der Waals surface area contributed by atoms with Gasteiger partial charge in [0.25, 0.3) is 0 Å². The minimum atomic E-state index is 0.821. The summed E-state index contributed by atoms with van der Waals surface area (Å²) in [5, 5.41) is 8.42. The van der Waals surface area contributed by atoms with Crippen molar-refractivity contribution >= 4 is 0 Å². The zero-order valence-corrected chi connectivity index (χ0v) is 14.0. The van der Waals surface area contributed by atoms with Crippen molar-refractivity contribution in [2.45, 2.75) is 33.2 Å². The number of nitrogens with one attached hydrogen (secondary N) is 1. The summed E-state index contributed by atoms with van der Waals surface area (Å²) in [5.41, 5.74) is 4.85. The van der Waals surface area contributed by atoms with Gasteiger partial charge in [-0.05, 0) is 63.1 Å². The summed E-state index contributed by atoms with van der Waals surface area (Å²) in [6.07, 6.45) is 7.61. The molecule has 2 aliphatic carbocycles. The van der Waals surface area contributed by atoms with Crippen molar-refractivity contribution in [2.24, 2.45) is 17.8 Å². The van der Waals surface area contributed by atoms with E-state index < -0.39 is 0 Å². The molecule has 23 heavy (non-hydrogen) atoms. The third kappa shape index (κ3) is 2.74. The van der Waals surface area contributed by atoms with E-state index in [2.05, 4.69) is 60.3 Å². The van der Waals surface area contributed by atoms with Crippen LogP contribution in [0.4, 0.5) is 0 Å². The van der Waals surface area contributed by atoms with Crippen LogP contribution in [0.3, 0.4) is 0 Å². The third-order valence-electron chi connectivity index (χ3n) is 5.57. The van der Waals surface area contributed by atoms with E-state index in [0.29, 0.717) is 0 Å². The van der Waals surface area contributed by atoms with Gasteiger partial charge >= 0.3 is 0 Å². The number of para-hydroxylation sites is 1. The minimum absolute atomic E-state index is 0.821. The van der Waals surface area contributed by atoms with Crippen LogP contribution in [0, 0.1) is 31.6 Å². The number of rotatable bonds is 5. The second-order valence-corrected chi connectivity index (χ2v) is 7.07. The number of aryl methyl sites for hydroxylation is 1. The van der Waals surface area contributed by atoms with Gasteiger partial charge in [-0.3, -0.25) is 0 Å². The van der Waals surface area contributed by atoms with Gasteiger partial charge in [-0.15, -0.1) is 0 Å². The molecule has 1 heterocycles. The van der Waals surface area contributed by atoms with Crippen LogP contribution >= 0.6 is 0 Å². The maximum absolute atomic E-state index is 4.73. The van der Waals surface area contributed by atoms with E-state index in [9.17, 15) is 0 Å². The molecule has 3 atom stereocenters. The van der Waals surface area contributed by atoms with Crippen LogP contribution in [-0.2, 0) is 6.54 Å². The van der Waals surface area contributed by atoms with E-state index in [1.54, 1.807) is 0 Å². The standard InChI is InChI=1S/C20H25N3/c1-14-20(13-21-12-18-11-16-8-9-17(18)10-16)15(2)23(22-14)19-6-4-3-5-7-19/h3-9,16-18,21H,10-13H2,1-2H3. The Bertz CT molecular complexity index is 714. The number of benzene rings is 1. The SMILES string of the molecule is Cc1nn(-c2ccccc2)c(C)c1CNCC1CC2C=CC1C2. The van der Waals surface area contributed by atoms with Crippen LogP contribution in [0.1, 0.15) is 29.8 Å². The molecule has 2 aromatic rings. The van der Waals surface area contributed by atoms with Gasteiger partial charge in [-0.2, -0.15) is 5.10 Å². The predicted molar refractivity (Wildman–Crippen MR) is 93.6 cm³/mol. The largest absolute Gasteiger partial charge is 0.312 e. The van der Waals surface area contributed by atoms with Gasteiger partial charge in [0.05, 0.1) is 11.4 Å². The Kier molecular flexibility index (Phi) is 3.82. The fourth-order valence-electron chi connectivity index (χ4n) is 4.26. The molecule has 4 rings (SSSR count). The Hall–Kier alpha value is -1.87. The lowest BCUT2D eigenvalue weighted by Crippen LogP contribution is -2.25. The maximum atomic E-state index is 4.73. The number of allylic oxidation sites excluding steroid dienone is 2. The highest BCUT2D eigenvalue weighted by molar-refractivity contribution is 5.36. The van der Waals surface area contributed by atoms with E-state index in [0.717, 1.165) is 42.2 Å². The fraction of sp³-hybridized carbons (Fsp3) is 0.450. The molecule has 120 valence electrons. The van der Waals surface area contributed by atoms with Crippen molar-refractivity contribution < 1.29 is 0 Å². The van der Waals surface area contributed by atoms with Crippen molar-refractivity contribution in [3.05, 3.63) is 59.4 Å². The molecular weight excluding hydrogens is 282 g/mol. The van der Waals surface area contributed by atoms with E-state index in [1.165, 1.54) is 24.1 Å². The first-order chi connectivity index (χ1) is 11.2. The predicted octanol–water partition coefficient (Wildman–Crippen LogP) is 3.79. The summed E-state index contributed by atoms with van der Waals surface area (Å²) < 4.78 is 2.06. The van der Waals surface area contributed by atoms with Crippen LogP contribution < -0.4 is 5.32 Å². The highest BCUT2D eigenvalue weighted by Gasteiger charge is 2.35. The lowest BCUT2D eigenvalue weighted by molar-refractivity contribution is 0.414. The van der Waals surface area contributed by atoms with Crippen LogP contribution in [-0.4, -0.2) is 16.3 Å². The molecule has 2 aliphatic rings. The van der Waals surface area contributed by atoms with Crippen molar-refractivity contribution in [1.29, 1.82) is 0 Å². The van der Waals surface area contributed by atoms with Crippen LogP contribution in [0.2, 0.25) is 0 Å². The molecule has 3 nitrogen and oxygen atoms in total. The molecule has 0 radical (unpaired) electrons. The molecule has 3 unspecified atom stereocenters. The summed E-state index contributed by atoms with van der Waals surface area (Å²) >= 11 is 0. The lowest BCUT2D eigenvalue weighted by Gasteiger charge is -2.18. The minimum Gasteiger partial charge on any atom is -0.312 e. The zero-order chi connectivity index (χ0) is 15.8. The summed E-state index contributed by atoms with van der Waals surface area (Å²) in [5.74, 6) is 2.51. The quantitative estimate of drug-likeness (QED) is 0.852. The molecule has 0 aliphatic heterocycles. The molecule has 0 spiro atoms. The molecule has 1 N–H and O–H groups in total. The fourth-order valence-corrected chi connectivity index (χ4v) is 4.26. The average Bonchev–Trinajstić information content (AvgIpc) is 3.25. The Morgan fingerprint density at radius 3 is 2.65 bits per heavy atom. The average molecular weight is 307 g/mol. The second kappa shape index (κ2) is 5.97. The molecule has 1 fully saturated rings. The molecular formula is C20H25N3. The van der Waals surface area contributed by atoms with E-state index in [4.69, 9.17) is 5.10 Å². The Labute approximate surface area is 138 Å². The van der Waals surface area contributed by atoms with Crippen molar-refractivity contribution in [3.8, 4) is 5.69 Å². The second-order valence-electron chi connectivity index (χ2n) is 7.07. The van der Waals surface area contributed by atoms with Crippen molar-refractivity contribution in [3.63, 3.8) is 0 Å². The maximum Gasteiger partial charge on any atom is 0.0648 e. The summed E-state index contributed by atoms with van der Waals surface area (Å²) in [4.78, 5) is 0. The van der Waals surface area contributed by atoms with Gasteiger partial charge in [0, 0.05) is 17.8 Å². The summed E-state index contributed by atoms with van der Waals surface area (Å²) in [6, 6.07) is 10.4. The normalized spacial score (nSPS) is 25.4. The van der Waals surface area contributed by atoms with Gasteiger partial charge in [0.1, 0.15) is 0 Å². The molecule has 1 aromatic carbocycles. The van der Waals surface area contributed by atoms with E-state index >= 15 is 0 Å². The molecule has 1 aromatic heterocycles. The number of hydrogen-bond acceptors (Lipinski definition) is 2. The first kappa shape index (κ1) is 14.7. The van der Waals surface area contributed by atoms with Gasteiger partial charge < -0.3 is 5.32 Å². The highest BCUT2D eigenvalue weighted by atomic mass is 15.3. The lowest BCUT2D eigenvalue weighted by atomic mass is 9.93. The smallest absolute Gasteiger partial charge is 0.0648 e. The first-order valence-electron chi connectivity index (χ1n) is 8.72. The summed E-state index contributed by atoms with van der Waals surface area (Å²) in [6.45, 7) is 6.33. The monoisotopic (exact) mass is 307 g/mol. The first-order valence-corrected chi connectivity index (χ1v) is 8.72. The van der Waals surface area contributed by atoms with Crippen molar-refractivity contribution in [1.82, 2.24) is 15.1 Å². The van der Waals surface area contributed by atoms with E-state index in [1.807, 2.05) is 6.07 Å². The molecule has 1 saturated carbocycles. The summed E-state index contributed by atoms with van der Waals surface area (Å²) in [7, 11) is 0. The van der Waals surface area contributed by atoms with Gasteiger partial charge in [-0.1, -0.05) is 30.4 Å². The Balaban J connectivity index is 1.43. The Morgan fingerprint density at radius 1 is 1.13 bits per heavy atom. The van der Waals surface area contributed by atoms with Gasteiger partial charge in [0.2, 0.25) is 0 Å². The van der Waals surface area contributed by atoms with Crippen LogP contribution in [0.15, 0.2) is 42.5 Å². The van der Waals surface area contributed by atoms with Gasteiger partial charge in [-0.25, -0.2) is 4.68 Å². The van der Waals surface area contributed by atoms with Crippen molar-refractivity contribution in [2.75, 3.05) is 6.54 Å². The number of nitrogens with zero attached hydrogens (tertiary/aromatic N) is 2. The van der Waals surface area contributed by atoms with Crippen LogP contribution in [0.25, 0.3) is 5.69 Å². The highest BCUT2D eigenvalue weighted by Crippen LogP contribution is 2.42.